The summed E-state index contributed by atoms with van der Waals surface area (Å²) in [5.74, 6) is 0.617. The van der Waals surface area contributed by atoms with Gasteiger partial charge in [0.05, 0.1) is 11.4 Å². The lowest BCUT2D eigenvalue weighted by Crippen LogP contribution is -2.54. The highest BCUT2D eigenvalue weighted by Crippen LogP contribution is 2.29. The normalized spacial score (nSPS) is 16.8. The number of anilines is 1. The van der Waals surface area contributed by atoms with Crippen molar-refractivity contribution in [2.45, 2.75) is 50.5 Å². The van der Waals surface area contributed by atoms with Gasteiger partial charge in [0.25, 0.3) is 0 Å². The SMILES string of the molecule is CC(C)c1ccc(NC(=O)CSc2nc(=O)n(N3CCN(C)CC3)c3c2CCCC3)cc1. The number of carbonyl (C=O) groups is 1. The van der Waals surface area contributed by atoms with E-state index in [-0.39, 0.29) is 17.3 Å². The van der Waals surface area contributed by atoms with Crippen LogP contribution in [0.25, 0.3) is 0 Å². The Morgan fingerprint density at radius 2 is 1.78 bits per heavy atom. The molecule has 172 valence electrons. The zero-order chi connectivity index (χ0) is 22.7. The minimum atomic E-state index is -0.220. The van der Waals surface area contributed by atoms with Crippen molar-refractivity contribution >= 4 is 23.4 Å². The Kier molecular flexibility index (Phi) is 7.20. The molecule has 1 aromatic carbocycles. The zero-order valence-electron chi connectivity index (χ0n) is 19.3. The van der Waals surface area contributed by atoms with E-state index in [1.54, 1.807) is 0 Å². The van der Waals surface area contributed by atoms with Gasteiger partial charge in [0.2, 0.25) is 5.91 Å². The fourth-order valence-corrected chi connectivity index (χ4v) is 5.24. The quantitative estimate of drug-likeness (QED) is 0.534. The van der Waals surface area contributed by atoms with Crippen LogP contribution in [0.5, 0.6) is 0 Å². The predicted octanol–water partition coefficient (Wildman–Crippen LogP) is 2.86. The highest BCUT2D eigenvalue weighted by Gasteiger charge is 2.25. The van der Waals surface area contributed by atoms with Crippen LogP contribution in [0.1, 0.15) is 49.4 Å². The number of carbonyl (C=O) groups excluding carboxylic acids is 1. The summed E-state index contributed by atoms with van der Waals surface area (Å²) in [5, 5.41) is 5.82. The summed E-state index contributed by atoms with van der Waals surface area (Å²) in [6.07, 6.45) is 3.98. The molecule has 0 saturated carbocycles. The molecular weight excluding hydrogens is 422 g/mol. The highest BCUT2D eigenvalue weighted by atomic mass is 32.2. The fraction of sp³-hybridized carbons (Fsp3) is 0.542. The molecule has 1 N–H and O–H groups in total. The van der Waals surface area contributed by atoms with Crippen molar-refractivity contribution in [1.29, 1.82) is 0 Å². The molecule has 0 radical (unpaired) electrons. The van der Waals surface area contributed by atoms with Gasteiger partial charge in [-0.05, 0) is 56.3 Å². The van der Waals surface area contributed by atoms with Gasteiger partial charge in [0.1, 0.15) is 5.03 Å². The van der Waals surface area contributed by atoms with Crippen molar-refractivity contribution in [3.63, 3.8) is 0 Å². The van der Waals surface area contributed by atoms with E-state index in [1.807, 2.05) is 28.9 Å². The summed E-state index contributed by atoms with van der Waals surface area (Å²) in [4.78, 5) is 32.2. The molecule has 0 unspecified atom stereocenters. The van der Waals surface area contributed by atoms with E-state index in [2.05, 4.69) is 41.1 Å². The summed E-state index contributed by atoms with van der Waals surface area (Å²) < 4.78 is 1.82. The number of fused-ring (bicyclic) bond motifs is 1. The predicted molar refractivity (Wildman–Crippen MR) is 130 cm³/mol. The molecule has 0 atom stereocenters. The number of likely N-dealkylation sites (N-methyl/N-ethyl adjacent to an activating group) is 1. The van der Waals surface area contributed by atoms with Gasteiger partial charge in [-0.2, -0.15) is 4.98 Å². The molecule has 1 saturated heterocycles. The Morgan fingerprint density at radius 3 is 2.47 bits per heavy atom. The van der Waals surface area contributed by atoms with E-state index in [4.69, 9.17) is 0 Å². The van der Waals surface area contributed by atoms with Crippen molar-refractivity contribution in [1.82, 2.24) is 14.6 Å². The van der Waals surface area contributed by atoms with Crippen LogP contribution >= 0.6 is 11.8 Å². The number of nitrogens with zero attached hydrogens (tertiary/aromatic N) is 4. The average Bonchev–Trinajstić information content (AvgIpc) is 2.79. The second kappa shape index (κ2) is 10.1. The number of nitrogens with one attached hydrogen (secondary N) is 1. The van der Waals surface area contributed by atoms with Gasteiger partial charge in [0, 0.05) is 37.4 Å². The summed E-state index contributed by atoms with van der Waals surface area (Å²) in [5.41, 5.74) is 4.05. The number of aromatic nitrogens is 2. The molecule has 4 rings (SSSR count). The van der Waals surface area contributed by atoms with Crippen LogP contribution in [0.3, 0.4) is 0 Å². The van der Waals surface area contributed by atoms with Crippen LogP contribution in [0.4, 0.5) is 5.69 Å². The number of rotatable bonds is 6. The minimum Gasteiger partial charge on any atom is -0.325 e. The first kappa shape index (κ1) is 22.9. The first-order chi connectivity index (χ1) is 15.4. The van der Waals surface area contributed by atoms with Gasteiger partial charge in [-0.1, -0.05) is 37.7 Å². The summed E-state index contributed by atoms with van der Waals surface area (Å²) in [7, 11) is 2.11. The molecule has 1 amide bonds. The number of hydrogen-bond acceptors (Lipinski definition) is 6. The standard InChI is InChI=1S/C24H33N5O2S/c1-17(2)18-8-10-19(11-9-18)25-22(30)16-32-23-20-6-4-5-7-21(20)29(24(31)26-23)28-14-12-27(3)13-15-28/h8-11,17H,4-7,12-16H2,1-3H3,(H,25,30). The first-order valence-electron chi connectivity index (χ1n) is 11.5. The molecule has 2 heterocycles. The Labute approximate surface area is 194 Å². The van der Waals surface area contributed by atoms with Crippen LogP contribution in [0.15, 0.2) is 34.1 Å². The molecule has 0 bridgehead atoms. The molecule has 2 aliphatic rings. The molecule has 0 spiro atoms. The van der Waals surface area contributed by atoms with Gasteiger partial charge in [0.15, 0.2) is 0 Å². The Morgan fingerprint density at radius 1 is 1.09 bits per heavy atom. The third-order valence-electron chi connectivity index (χ3n) is 6.29. The van der Waals surface area contributed by atoms with Gasteiger partial charge >= 0.3 is 5.69 Å². The van der Waals surface area contributed by atoms with E-state index < -0.39 is 0 Å². The maximum atomic E-state index is 13.0. The average molecular weight is 456 g/mol. The Hall–Kier alpha value is -2.32. The van der Waals surface area contributed by atoms with E-state index in [9.17, 15) is 9.59 Å². The van der Waals surface area contributed by atoms with Crippen molar-refractivity contribution in [2.75, 3.05) is 49.3 Å². The Bertz CT molecular complexity index is 1010. The maximum absolute atomic E-state index is 13.0. The summed E-state index contributed by atoms with van der Waals surface area (Å²) >= 11 is 1.38. The first-order valence-corrected chi connectivity index (χ1v) is 12.5. The molecule has 1 aromatic heterocycles. The van der Waals surface area contributed by atoms with E-state index in [0.29, 0.717) is 5.92 Å². The van der Waals surface area contributed by atoms with E-state index in [0.717, 1.165) is 73.8 Å². The minimum absolute atomic E-state index is 0.0816. The van der Waals surface area contributed by atoms with Crippen LogP contribution in [0, 0.1) is 0 Å². The van der Waals surface area contributed by atoms with E-state index >= 15 is 0 Å². The van der Waals surface area contributed by atoms with Gasteiger partial charge in [-0.25, -0.2) is 9.47 Å². The fourth-order valence-electron chi connectivity index (χ4n) is 4.36. The zero-order valence-corrected chi connectivity index (χ0v) is 20.1. The molecule has 8 heteroatoms. The van der Waals surface area contributed by atoms with Crippen molar-refractivity contribution < 1.29 is 4.79 Å². The largest absolute Gasteiger partial charge is 0.367 e. The lowest BCUT2D eigenvalue weighted by molar-refractivity contribution is -0.113. The molecule has 7 nitrogen and oxygen atoms in total. The third-order valence-corrected chi connectivity index (χ3v) is 7.31. The number of thioether (sulfide) groups is 1. The summed E-state index contributed by atoms with van der Waals surface area (Å²) in [6.45, 7) is 7.83. The molecule has 1 aliphatic heterocycles. The molecule has 1 aliphatic carbocycles. The Balaban J connectivity index is 1.47. The van der Waals surface area contributed by atoms with E-state index in [1.165, 1.54) is 17.3 Å². The number of hydrogen-bond donors (Lipinski definition) is 1. The smallest absolute Gasteiger partial charge is 0.325 e. The monoisotopic (exact) mass is 455 g/mol. The van der Waals surface area contributed by atoms with Crippen molar-refractivity contribution in [3.8, 4) is 0 Å². The highest BCUT2D eigenvalue weighted by molar-refractivity contribution is 8.00. The number of piperazine rings is 1. The van der Waals surface area contributed by atoms with Gasteiger partial charge in [-0.3, -0.25) is 4.79 Å². The lowest BCUT2D eigenvalue weighted by Gasteiger charge is -2.37. The molecule has 1 fully saturated rings. The number of benzene rings is 1. The van der Waals surface area contributed by atoms with Crippen LogP contribution in [-0.4, -0.2) is 59.4 Å². The van der Waals surface area contributed by atoms with Crippen molar-refractivity contribution in [2.24, 2.45) is 0 Å². The second-order valence-electron chi connectivity index (χ2n) is 9.01. The molecular formula is C24H33N5O2S. The molecule has 32 heavy (non-hydrogen) atoms. The lowest BCUT2D eigenvalue weighted by atomic mass is 9.97. The van der Waals surface area contributed by atoms with Crippen molar-refractivity contribution in [3.05, 3.63) is 51.6 Å². The van der Waals surface area contributed by atoms with Crippen LogP contribution < -0.4 is 16.0 Å². The molecule has 2 aromatic rings. The van der Waals surface area contributed by atoms with Crippen LogP contribution in [-0.2, 0) is 17.6 Å². The van der Waals surface area contributed by atoms with Crippen LogP contribution in [0.2, 0.25) is 0 Å². The third kappa shape index (κ3) is 5.18. The number of amides is 1. The maximum Gasteiger partial charge on any atom is 0.367 e. The van der Waals surface area contributed by atoms with Gasteiger partial charge in [-0.15, -0.1) is 0 Å². The topological polar surface area (TPSA) is 70.5 Å². The summed E-state index contributed by atoms with van der Waals surface area (Å²) in [6, 6.07) is 7.97. The second-order valence-corrected chi connectivity index (χ2v) is 9.98. The van der Waals surface area contributed by atoms with Gasteiger partial charge < -0.3 is 15.2 Å².